The highest BCUT2D eigenvalue weighted by molar-refractivity contribution is 7.80. The molecule has 0 radical (unpaired) electrons. The molecule has 2 unspecified atom stereocenters. The van der Waals surface area contributed by atoms with E-state index >= 15 is 0 Å². The molecule has 2 atom stereocenters. The van der Waals surface area contributed by atoms with Gasteiger partial charge in [0.15, 0.2) is 5.05 Å². The van der Waals surface area contributed by atoms with Gasteiger partial charge in [-0.15, -0.1) is 0 Å². The van der Waals surface area contributed by atoms with E-state index in [4.69, 9.17) is 17.0 Å². The molecule has 66 valence electrons. The van der Waals surface area contributed by atoms with Crippen LogP contribution < -0.4 is 0 Å². The van der Waals surface area contributed by atoms with Crippen LogP contribution >= 0.6 is 12.2 Å². The van der Waals surface area contributed by atoms with Crippen LogP contribution in [0.5, 0.6) is 0 Å². The third kappa shape index (κ3) is 1.00. The van der Waals surface area contributed by atoms with Gasteiger partial charge in [-0.25, -0.2) is 0 Å². The van der Waals surface area contributed by atoms with Crippen molar-refractivity contribution in [1.29, 1.82) is 0 Å². The second-order valence-corrected chi connectivity index (χ2v) is 5.07. The average molecular weight is 182 g/mol. The van der Waals surface area contributed by atoms with Crippen molar-refractivity contribution in [2.45, 2.75) is 38.2 Å². The van der Waals surface area contributed by atoms with Crippen molar-refractivity contribution in [2.24, 2.45) is 17.8 Å². The predicted molar refractivity (Wildman–Crippen MR) is 51.0 cm³/mol. The first-order valence-electron chi connectivity index (χ1n) is 5.02. The second kappa shape index (κ2) is 2.44. The van der Waals surface area contributed by atoms with E-state index in [0.29, 0.717) is 12.0 Å². The van der Waals surface area contributed by atoms with Gasteiger partial charge in [-0.2, -0.15) is 0 Å². The van der Waals surface area contributed by atoms with E-state index in [1.165, 1.54) is 32.1 Å². The van der Waals surface area contributed by atoms with E-state index in [1.54, 1.807) is 0 Å². The highest BCUT2D eigenvalue weighted by atomic mass is 32.1. The molecule has 4 rings (SSSR count). The monoisotopic (exact) mass is 182 g/mol. The second-order valence-electron chi connectivity index (χ2n) is 4.67. The minimum absolute atomic E-state index is 0.494. The lowest BCUT2D eigenvalue weighted by Crippen LogP contribution is -2.29. The fourth-order valence-corrected chi connectivity index (χ4v) is 3.67. The number of rotatable bonds is 0. The number of fused-ring (bicyclic) bond motifs is 1. The van der Waals surface area contributed by atoms with Crippen LogP contribution in [0.25, 0.3) is 0 Å². The van der Waals surface area contributed by atoms with Crippen molar-refractivity contribution in [3.05, 3.63) is 0 Å². The van der Waals surface area contributed by atoms with Gasteiger partial charge in [-0.05, 0) is 56.2 Å². The van der Waals surface area contributed by atoms with Crippen molar-refractivity contribution in [3.63, 3.8) is 0 Å². The molecule has 0 spiro atoms. The van der Waals surface area contributed by atoms with Gasteiger partial charge in [0, 0.05) is 5.92 Å². The Bertz CT molecular complexity index is 212. The summed E-state index contributed by atoms with van der Waals surface area (Å²) in [7, 11) is 0. The van der Waals surface area contributed by atoms with Crippen LogP contribution in [0.2, 0.25) is 0 Å². The lowest BCUT2D eigenvalue weighted by atomic mass is 9.68. The van der Waals surface area contributed by atoms with Crippen LogP contribution in [0.1, 0.15) is 32.1 Å². The maximum absolute atomic E-state index is 5.77. The smallest absolute Gasteiger partial charge is 0.163 e. The zero-order chi connectivity index (χ0) is 8.13. The molecule has 2 aliphatic carbocycles. The Morgan fingerprint density at radius 3 is 2.33 bits per heavy atom. The first-order chi connectivity index (χ1) is 5.81. The largest absolute Gasteiger partial charge is 0.484 e. The summed E-state index contributed by atoms with van der Waals surface area (Å²) >= 11 is 5.28. The Labute approximate surface area is 78.5 Å². The molecular formula is C10H14OS. The lowest BCUT2D eigenvalue weighted by Gasteiger charge is -2.36. The highest BCUT2D eigenvalue weighted by Crippen LogP contribution is 2.47. The molecule has 12 heavy (non-hydrogen) atoms. The van der Waals surface area contributed by atoms with Crippen molar-refractivity contribution in [3.8, 4) is 0 Å². The van der Waals surface area contributed by atoms with Gasteiger partial charge >= 0.3 is 0 Å². The van der Waals surface area contributed by atoms with Crippen molar-refractivity contribution in [2.75, 3.05) is 0 Å². The van der Waals surface area contributed by atoms with Gasteiger partial charge in [0.2, 0.25) is 0 Å². The third-order valence-corrected chi connectivity index (χ3v) is 4.14. The first-order valence-corrected chi connectivity index (χ1v) is 5.42. The number of hydrogen-bond acceptors (Lipinski definition) is 2. The number of ether oxygens (including phenoxy) is 1. The van der Waals surface area contributed by atoms with Crippen molar-refractivity contribution < 1.29 is 4.74 Å². The molecule has 2 saturated carbocycles. The van der Waals surface area contributed by atoms with E-state index in [2.05, 4.69) is 0 Å². The summed E-state index contributed by atoms with van der Waals surface area (Å²) in [4.78, 5) is 0. The molecule has 0 aromatic carbocycles. The Kier molecular flexibility index (Phi) is 1.49. The standard InChI is InChI=1S/C10H14OS/c12-10-8-2-6-1-7(3-8)5-9(4-6)11-10/h6-9H,1-5H2. The summed E-state index contributed by atoms with van der Waals surface area (Å²) in [6.45, 7) is 0. The zero-order valence-electron chi connectivity index (χ0n) is 7.16. The third-order valence-electron chi connectivity index (χ3n) is 3.71. The fraction of sp³-hybridized carbons (Fsp3) is 0.900. The summed E-state index contributed by atoms with van der Waals surface area (Å²) in [6.07, 6.45) is 7.17. The van der Waals surface area contributed by atoms with Crippen molar-refractivity contribution in [1.82, 2.24) is 0 Å². The van der Waals surface area contributed by atoms with E-state index in [9.17, 15) is 0 Å². The van der Waals surface area contributed by atoms with Crippen LogP contribution in [-0.4, -0.2) is 11.2 Å². The summed E-state index contributed by atoms with van der Waals surface area (Å²) in [5, 5.41) is 0.935. The molecular weight excluding hydrogens is 168 g/mol. The van der Waals surface area contributed by atoms with Gasteiger partial charge in [0.25, 0.3) is 0 Å². The van der Waals surface area contributed by atoms with Gasteiger partial charge in [-0.1, -0.05) is 0 Å². The molecule has 0 amide bonds. The normalized spacial score (nSPS) is 50.5. The summed E-state index contributed by atoms with van der Waals surface area (Å²) in [5.74, 6) is 2.51. The average Bonchev–Trinajstić information content (AvgIpc) is 2.16. The van der Waals surface area contributed by atoms with Crippen LogP contribution in [0.15, 0.2) is 0 Å². The molecule has 2 heterocycles. The fourth-order valence-electron chi connectivity index (χ4n) is 3.34. The minimum atomic E-state index is 0.494. The van der Waals surface area contributed by atoms with Crippen LogP contribution in [0.3, 0.4) is 0 Å². The number of thiocarbonyl (C=S) groups is 1. The molecule has 2 aliphatic heterocycles. The number of hydrogen-bond donors (Lipinski definition) is 0. The van der Waals surface area contributed by atoms with Gasteiger partial charge < -0.3 is 4.74 Å². The molecule has 2 heteroatoms. The molecule has 0 N–H and O–H groups in total. The summed E-state index contributed by atoms with van der Waals surface area (Å²) in [5.41, 5.74) is 0. The molecule has 4 aliphatic rings. The maximum atomic E-state index is 5.77. The van der Waals surface area contributed by atoms with Crippen molar-refractivity contribution >= 4 is 17.3 Å². The predicted octanol–water partition coefficient (Wildman–Crippen LogP) is 2.54. The molecule has 0 aromatic heterocycles. The molecule has 0 aromatic rings. The summed E-state index contributed by atoms with van der Waals surface area (Å²) < 4.78 is 5.77. The van der Waals surface area contributed by atoms with Gasteiger partial charge in [0.1, 0.15) is 0 Å². The molecule has 4 fully saturated rings. The van der Waals surface area contributed by atoms with E-state index in [-0.39, 0.29) is 0 Å². The van der Waals surface area contributed by atoms with Gasteiger partial charge in [0.05, 0.1) is 6.10 Å². The summed E-state index contributed by atoms with van der Waals surface area (Å²) in [6, 6.07) is 0. The van der Waals surface area contributed by atoms with E-state index in [0.717, 1.165) is 16.9 Å². The van der Waals surface area contributed by atoms with Gasteiger partial charge in [-0.3, -0.25) is 0 Å². The Morgan fingerprint density at radius 2 is 1.67 bits per heavy atom. The van der Waals surface area contributed by atoms with Crippen LogP contribution in [0.4, 0.5) is 0 Å². The molecule has 1 nitrogen and oxygen atoms in total. The Balaban J connectivity index is 1.95. The Morgan fingerprint density at radius 1 is 1.00 bits per heavy atom. The quantitative estimate of drug-likeness (QED) is 0.532. The molecule has 2 saturated heterocycles. The molecule has 4 bridgehead atoms. The topological polar surface area (TPSA) is 9.23 Å². The van der Waals surface area contributed by atoms with E-state index in [1.807, 2.05) is 0 Å². The highest BCUT2D eigenvalue weighted by Gasteiger charge is 2.42. The minimum Gasteiger partial charge on any atom is -0.484 e. The maximum Gasteiger partial charge on any atom is 0.163 e. The first kappa shape index (κ1) is 7.31. The van der Waals surface area contributed by atoms with Crippen LogP contribution in [0, 0.1) is 17.8 Å². The zero-order valence-corrected chi connectivity index (χ0v) is 7.98. The SMILES string of the molecule is S=C1OC2CC3CC(C2)CC1C3. The van der Waals surface area contributed by atoms with E-state index < -0.39 is 0 Å². The lowest BCUT2D eigenvalue weighted by molar-refractivity contribution is 0.0855. The Hall–Kier alpha value is -0.110. The van der Waals surface area contributed by atoms with Crippen LogP contribution in [-0.2, 0) is 4.74 Å².